The molecular formula is C22H14N2O2. The Morgan fingerprint density at radius 2 is 1.62 bits per heavy atom. The third-order valence-electron chi connectivity index (χ3n) is 4.72. The number of carbonyl (C=O) groups is 1. The Morgan fingerprint density at radius 3 is 2.42 bits per heavy atom. The molecule has 0 saturated heterocycles. The standard InChI is InChI=1S/C22H14N2O2/c25-21-15-8-4-5-9-17(15)23-20(21)19-16-12-14(13-6-2-1-3-7-13)10-11-18(16)24-22(19)26/h1-12,24,26H. The summed E-state index contributed by atoms with van der Waals surface area (Å²) in [7, 11) is 0. The minimum Gasteiger partial charge on any atom is -0.494 e. The summed E-state index contributed by atoms with van der Waals surface area (Å²) in [5, 5.41) is 11.2. The van der Waals surface area contributed by atoms with Crippen LogP contribution in [0, 0.1) is 0 Å². The number of aromatic nitrogens is 1. The molecule has 4 heteroatoms. The van der Waals surface area contributed by atoms with Gasteiger partial charge in [0.2, 0.25) is 5.78 Å². The third-order valence-corrected chi connectivity index (χ3v) is 4.72. The van der Waals surface area contributed by atoms with Crippen LogP contribution in [0.3, 0.4) is 0 Å². The summed E-state index contributed by atoms with van der Waals surface area (Å²) >= 11 is 0. The fourth-order valence-electron chi connectivity index (χ4n) is 3.46. The molecule has 0 aliphatic carbocycles. The lowest BCUT2D eigenvalue weighted by Crippen LogP contribution is -2.10. The van der Waals surface area contributed by atoms with Gasteiger partial charge in [-0.2, -0.15) is 0 Å². The smallest absolute Gasteiger partial charge is 0.214 e. The van der Waals surface area contributed by atoms with E-state index in [1.54, 1.807) is 6.07 Å². The highest BCUT2D eigenvalue weighted by molar-refractivity contribution is 6.56. The van der Waals surface area contributed by atoms with Crippen LogP contribution in [0.4, 0.5) is 5.69 Å². The lowest BCUT2D eigenvalue weighted by Gasteiger charge is -2.03. The summed E-state index contributed by atoms with van der Waals surface area (Å²) in [5.41, 5.74) is 4.80. The number of aromatic amines is 1. The highest BCUT2D eigenvalue weighted by atomic mass is 16.3. The maximum atomic E-state index is 12.8. The predicted octanol–water partition coefficient (Wildman–Crippen LogP) is 4.86. The molecule has 0 saturated carbocycles. The molecule has 0 radical (unpaired) electrons. The zero-order chi connectivity index (χ0) is 17.7. The summed E-state index contributed by atoms with van der Waals surface area (Å²) in [4.78, 5) is 20.2. The maximum Gasteiger partial charge on any atom is 0.214 e. The van der Waals surface area contributed by atoms with Gasteiger partial charge in [-0.25, -0.2) is 4.99 Å². The second kappa shape index (κ2) is 5.43. The van der Waals surface area contributed by atoms with Gasteiger partial charge in [0.05, 0.1) is 11.3 Å². The number of nitrogens with zero attached hydrogens (tertiary/aromatic N) is 1. The first kappa shape index (κ1) is 14.7. The molecule has 2 heterocycles. The number of ketones is 1. The van der Waals surface area contributed by atoms with Crippen LogP contribution >= 0.6 is 0 Å². The first-order chi connectivity index (χ1) is 12.7. The molecule has 0 unspecified atom stereocenters. The Hall–Kier alpha value is -3.66. The molecule has 0 atom stereocenters. The van der Waals surface area contributed by atoms with Gasteiger partial charge in [-0.1, -0.05) is 48.5 Å². The van der Waals surface area contributed by atoms with Crippen LogP contribution in [0.2, 0.25) is 0 Å². The van der Waals surface area contributed by atoms with Crippen molar-refractivity contribution in [3.05, 3.63) is 83.9 Å². The summed E-state index contributed by atoms with van der Waals surface area (Å²) in [6.07, 6.45) is 0. The fraction of sp³-hybridized carbons (Fsp3) is 0. The number of para-hydroxylation sites is 1. The first-order valence-corrected chi connectivity index (χ1v) is 8.35. The molecule has 2 N–H and O–H groups in total. The molecule has 1 aromatic heterocycles. The largest absolute Gasteiger partial charge is 0.494 e. The van der Waals surface area contributed by atoms with Gasteiger partial charge in [-0.15, -0.1) is 0 Å². The summed E-state index contributed by atoms with van der Waals surface area (Å²) in [6, 6.07) is 23.1. The number of hydrogen-bond donors (Lipinski definition) is 2. The van der Waals surface area contributed by atoms with E-state index in [-0.39, 0.29) is 17.4 Å². The van der Waals surface area contributed by atoms with Crippen molar-refractivity contribution in [3.63, 3.8) is 0 Å². The summed E-state index contributed by atoms with van der Waals surface area (Å²) in [5.74, 6) is -0.202. The van der Waals surface area contributed by atoms with Crippen LogP contribution in [-0.4, -0.2) is 21.6 Å². The van der Waals surface area contributed by atoms with Crippen LogP contribution < -0.4 is 0 Å². The van der Waals surface area contributed by atoms with Gasteiger partial charge in [0.1, 0.15) is 5.71 Å². The number of carbonyl (C=O) groups excluding carboxylic acids is 1. The molecule has 1 aliphatic heterocycles. The van der Waals surface area contributed by atoms with Crippen LogP contribution in [-0.2, 0) is 0 Å². The van der Waals surface area contributed by atoms with Crippen LogP contribution in [0.15, 0.2) is 77.8 Å². The number of H-pyrrole nitrogens is 1. The zero-order valence-corrected chi connectivity index (χ0v) is 13.7. The van der Waals surface area contributed by atoms with Gasteiger partial charge in [-0.3, -0.25) is 4.79 Å². The van der Waals surface area contributed by atoms with E-state index in [1.165, 1.54) is 0 Å². The molecule has 0 amide bonds. The number of Topliss-reactive ketones (excluding diaryl/α,β-unsaturated/α-hetero) is 1. The normalized spacial score (nSPS) is 13.1. The molecule has 4 nitrogen and oxygen atoms in total. The van der Waals surface area contributed by atoms with Gasteiger partial charge >= 0.3 is 0 Å². The predicted molar refractivity (Wildman–Crippen MR) is 102 cm³/mol. The fourth-order valence-corrected chi connectivity index (χ4v) is 3.46. The van der Waals surface area contributed by atoms with E-state index in [0.717, 1.165) is 22.0 Å². The SMILES string of the molecule is O=C1C(c2c(O)[nH]c3ccc(-c4ccccc4)cc23)=Nc2ccccc21. The Labute approximate surface area is 149 Å². The molecular weight excluding hydrogens is 324 g/mol. The number of benzene rings is 3. The molecule has 0 spiro atoms. The van der Waals surface area contributed by atoms with Crippen molar-refractivity contribution in [2.24, 2.45) is 4.99 Å². The Bertz CT molecular complexity index is 1200. The molecule has 5 rings (SSSR count). The number of nitrogens with one attached hydrogen (secondary N) is 1. The quantitative estimate of drug-likeness (QED) is 0.548. The number of hydrogen-bond acceptors (Lipinski definition) is 3. The van der Waals surface area contributed by atoms with Gasteiger partial charge in [0.15, 0.2) is 5.88 Å². The maximum absolute atomic E-state index is 12.8. The average molecular weight is 338 g/mol. The minimum atomic E-state index is -0.165. The molecule has 1 aliphatic rings. The molecule has 3 aromatic carbocycles. The molecule has 0 fully saturated rings. The monoisotopic (exact) mass is 338 g/mol. The Morgan fingerprint density at radius 1 is 0.846 bits per heavy atom. The van der Waals surface area contributed by atoms with Crippen LogP contribution in [0.5, 0.6) is 5.88 Å². The molecule has 124 valence electrons. The van der Waals surface area contributed by atoms with Crippen molar-refractivity contribution in [2.75, 3.05) is 0 Å². The highest BCUT2D eigenvalue weighted by Crippen LogP contribution is 2.36. The van der Waals surface area contributed by atoms with Crippen molar-refractivity contribution in [1.29, 1.82) is 0 Å². The molecule has 26 heavy (non-hydrogen) atoms. The van der Waals surface area contributed by atoms with Crippen LogP contribution in [0.1, 0.15) is 15.9 Å². The number of aliphatic imine (C=N–C) groups is 1. The van der Waals surface area contributed by atoms with Crippen LogP contribution in [0.25, 0.3) is 22.0 Å². The lowest BCUT2D eigenvalue weighted by atomic mass is 9.99. The number of aromatic hydroxyl groups is 1. The first-order valence-electron chi connectivity index (χ1n) is 8.35. The summed E-state index contributed by atoms with van der Waals surface area (Å²) in [6.45, 7) is 0. The zero-order valence-electron chi connectivity index (χ0n) is 13.7. The number of rotatable bonds is 2. The van der Waals surface area contributed by atoms with E-state index in [2.05, 4.69) is 9.98 Å². The van der Waals surface area contributed by atoms with Gasteiger partial charge in [0.25, 0.3) is 0 Å². The topological polar surface area (TPSA) is 65.4 Å². The van der Waals surface area contributed by atoms with E-state index in [0.29, 0.717) is 16.8 Å². The van der Waals surface area contributed by atoms with E-state index in [9.17, 15) is 9.90 Å². The van der Waals surface area contributed by atoms with E-state index in [1.807, 2.05) is 66.7 Å². The minimum absolute atomic E-state index is 0.0369. The van der Waals surface area contributed by atoms with Crippen molar-refractivity contribution < 1.29 is 9.90 Å². The second-order valence-electron chi connectivity index (χ2n) is 6.28. The lowest BCUT2D eigenvalue weighted by molar-refractivity contribution is 0.107. The van der Waals surface area contributed by atoms with Gasteiger partial charge in [-0.05, 0) is 35.4 Å². The Kier molecular flexibility index (Phi) is 3.06. The number of fused-ring (bicyclic) bond motifs is 2. The van der Waals surface area contributed by atoms with Gasteiger partial charge in [0, 0.05) is 16.5 Å². The second-order valence-corrected chi connectivity index (χ2v) is 6.28. The highest BCUT2D eigenvalue weighted by Gasteiger charge is 2.29. The van der Waals surface area contributed by atoms with Crippen molar-refractivity contribution in [3.8, 4) is 17.0 Å². The van der Waals surface area contributed by atoms with E-state index in [4.69, 9.17) is 0 Å². The van der Waals surface area contributed by atoms with Gasteiger partial charge < -0.3 is 10.1 Å². The van der Waals surface area contributed by atoms with Crippen molar-refractivity contribution in [2.45, 2.75) is 0 Å². The average Bonchev–Trinajstić information content (AvgIpc) is 3.18. The third kappa shape index (κ3) is 2.09. The van der Waals surface area contributed by atoms with E-state index < -0.39 is 0 Å². The van der Waals surface area contributed by atoms with Crippen molar-refractivity contribution >= 4 is 28.1 Å². The molecule has 4 aromatic rings. The summed E-state index contributed by atoms with van der Waals surface area (Å²) < 4.78 is 0. The Balaban J connectivity index is 1.72. The van der Waals surface area contributed by atoms with Crippen molar-refractivity contribution in [1.82, 2.24) is 4.98 Å². The van der Waals surface area contributed by atoms with E-state index >= 15 is 0 Å². The molecule has 0 bridgehead atoms.